The fourth-order valence-corrected chi connectivity index (χ4v) is 6.61. The number of Topliss-reactive ketones (excluding diaryl/α,β-unsaturated/α-hetero) is 1. The van der Waals surface area contributed by atoms with Gasteiger partial charge in [-0.2, -0.15) is 0 Å². The minimum absolute atomic E-state index is 0.0734. The van der Waals surface area contributed by atoms with Crippen LogP contribution in [0, 0.1) is 16.7 Å². The maximum Gasteiger partial charge on any atom is 0.338 e. The number of sulfonamides is 1. The number of anilines is 1. The second-order valence-corrected chi connectivity index (χ2v) is 10.3. The van der Waals surface area contributed by atoms with Crippen molar-refractivity contribution in [2.24, 2.45) is 16.7 Å². The number of nitrogens with one attached hydrogen (secondary N) is 1. The minimum atomic E-state index is -3.70. The first kappa shape index (κ1) is 20.8. The summed E-state index contributed by atoms with van der Waals surface area (Å²) in [7, 11) is -3.70. The summed E-state index contributed by atoms with van der Waals surface area (Å²) < 4.78 is 33.3. The van der Waals surface area contributed by atoms with Crippen LogP contribution in [-0.2, 0) is 19.6 Å². The molecule has 0 amide bonds. The van der Waals surface area contributed by atoms with E-state index in [9.17, 15) is 18.0 Å². The van der Waals surface area contributed by atoms with Crippen LogP contribution in [0.15, 0.2) is 24.3 Å². The highest BCUT2D eigenvalue weighted by Crippen LogP contribution is 2.64. The number of carbonyl (C=O) groups excluding carboxylic acids is 2. The fraction of sp³-hybridized carbons (Fsp3) is 0.619. The summed E-state index contributed by atoms with van der Waals surface area (Å²) in [5.41, 5.74) is -0.347. The molecule has 2 saturated carbocycles. The van der Waals surface area contributed by atoms with Gasteiger partial charge in [-0.3, -0.25) is 9.52 Å². The first-order valence-corrected chi connectivity index (χ1v) is 11.6. The van der Waals surface area contributed by atoms with E-state index >= 15 is 0 Å². The number of hydrogen-bond acceptors (Lipinski definition) is 5. The summed E-state index contributed by atoms with van der Waals surface area (Å²) in [6.07, 6.45) is 3.77. The van der Waals surface area contributed by atoms with E-state index in [4.69, 9.17) is 4.74 Å². The first-order valence-electron chi connectivity index (χ1n) is 9.92. The maximum absolute atomic E-state index is 12.8. The highest BCUT2D eigenvalue weighted by atomic mass is 32.2. The Balaban J connectivity index is 1.68. The molecular formula is C21H29NO5S. The molecule has 3 rings (SSSR count). The summed E-state index contributed by atoms with van der Waals surface area (Å²) in [5.74, 6) is -0.266. The topological polar surface area (TPSA) is 89.5 Å². The van der Waals surface area contributed by atoms with Crippen LogP contribution < -0.4 is 4.72 Å². The zero-order valence-electron chi connectivity index (χ0n) is 16.8. The Bertz CT molecular complexity index is 859. The van der Waals surface area contributed by atoms with E-state index in [-0.39, 0.29) is 22.9 Å². The van der Waals surface area contributed by atoms with Crippen molar-refractivity contribution in [3.63, 3.8) is 0 Å². The SMILES string of the molecule is CCCCOC(=O)c1ccc(NS(=O)(=O)C[C@]23CC[C@@H](CC2=O)C3(C)C)cc1. The van der Waals surface area contributed by atoms with Crippen LogP contribution in [0.4, 0.5) is 5.69 Å². The normalized spacial score (nSPS) is 25.7. The largest absolute Gasteiger partial charge is 0.462 e. The number of hydrogen-bond donors (Lipinski definition) is 1. The number of benzene rings is 1. The number of esters is 1. The zero-order valence-corrected chi connectivity index (χ0v) is 17.6. The van der Waals surface area contributed by atoms with Crippen molar-refractivity contribution in [2.75, 3.05) is 17.1 Å². The van der Waals surface area contributed by atoms with E-state index in [1.807, 2.05) is 20.8 Å². The number of fused-ring (bicyclic) bond motifs is 2. The molecule has 2 aliphatic rings. The maximum atomic E-state index is 12.8. The molecule has 2 atom stereocenters. The van der Waals surface area contributed by atoms with Gasteiger partial charge in [-0.05, 0) is 54.9 Å². The van der Waals surface area contributed by atoms with Gasteiger partial charge in [0.2, 0.25) is 10.0 Å². The van der Waals surface area contributed by atoms with Crippen LogP contribution in [0.25, 0.3) is 0 Å². The van der Waals surface area contributed by atoms with Crippen LogP contribution in [0.5, 0.6) is 0 Å². The monoisotopic (exact) mass is 407 g/mol. The summed E-state index contributed by atoms with van der Waals surface area (Å²) >= 11 is 0. The quantitative estimate of drug-likeness (QED) is 0.523. The number of rotatable bonds is 8. The highest BCUT2D eigenvalue weighted by molar-refractivity contribution is 7.92. The third kappa shape index (κ3) is 3.69. The molecule has 1 aromatic rings. The molecule has 2 bridgehead atoms. The molecule has 0 spiro atoms. The zero-order chi connectivity index (χ0) is 20.6. The molecule has 28 heavy (non-hydrogen) atoms. The van der Waals surface area contributed by atoms with Gasteiger partial charge in [-0.25, -0.2) is 13.2 Å². The van der Waals surface area contributed by atoms with Gasteiger partial charge in [0.15, 0.2) is 0 Å². The summed E-state index contributed by atoms with van der Waals surface area (Å²) in [5, 5.41) is 0. The summed E-state index contributed by atoms with van der Waals surface area (Å²) in [6.45, 7) is 6.42. The predicted octanol–water partition coefficient (Wildman–Crippen LogP) is 3.78. The molecule has 7 heteroatoms. The molecule has 0 saturated heterocycles. The molecule has 1 aromatic carbocycles. The lowest BCUT2D eigenvalue weighted by Gasteiger charge is -2.36. The average Bonchev–Trinajstić information content (AvgIpc) is 2.96. The Morgan fingerprint density at radius 1 is 1.25 bits per heavy atom. The van der Waals surface area contributed by atoms with Gasteiger partial charge >= 0.3 is 5.97 Å². The Morgan fingerprint density at radius 3 is 2.46 bits per heavy atom. The lowest BCUT2D eigenvalue weighted by Crippen LogP contribution is -2.43. The molecule has 0 heterocycles. The molecule has 0 unspecified atom stereocenters. The van der Waals surface area contributed by atoms with E-state index in [1.165, 1.54) is 0 Å². The van der Waals surface area contributed by atoms with Crippen LogP contribution in [0.1, 0.15) is 63.2 Å². The standard InChI is InChI=1S/C21H29NO5S/c1-4-5-12-27-19(24)15-6-8-17(9-7-15)22-28(25,26)14-21-11-10-16(13-18(21)23)20(21,2)3/h6-9,16,22H,4-5,10-14H2,1-3H3/t16-,21+/m0/s1. The second kappa shape index (κ2) is 7.50. The number of ketones is 1. The molecule has 6 nitrogen and oxygen atoms in total. The summed E-state index contributed by atoms with van der Waals surface area (Å²) in [6, 6.07) is 6.18. The highest BCUT2D eigenvalue weighted by Gasteiger charge is 2.65. The Morgan fingerprint density at radius 2 is 1.93 bits per heavy atom. The van der Waals surface area contributed by atoms with E-state index < -0.39 is 21.4 Å². The van der Waals surface area contributed by atoms with Gasteiger partial charge in [0, 0.05) is 12.1 Å². The van der Waals surface area contributed by atoms with Gasteiger partial charge in [-0.1, -0.05) is 27.2 Å². The van der Waals surface area contributed by atoms with Crippen LogP contribution in [-0.4, -0.2) is 32.5 Å². The Hall–Kier alpha value is -1.89. The van der Waals surface area contributed by atoms with Gasteiger partial charge in [0.05, 0.1) is 23.3 Å². The molecule has 2 fully saturated rings. The number of carbonyl (C=O) groups is 2. The first-order chi connectivity index (χ1) is 13.1. The van der Waals surface area contributed by atoms with E-state index in [2.05, 4.69) is 4.72 Å². The molecular weight excluding hydrogens is 378 g/mol. The number of ether oxygens (including phenoxy) is 1. The Kier molecular flexibility index (Phi) is 5.58. The van der Waals surface area contributed by atoms with E-state index in [0.717, 1.165) is 19.3 Å². The molecule has 0 aromatic heterocycles. The van der Waals surface area contributed by atoms with E-state index in [1.54, 1.807) is 24.3 Å². The van der Waals surface area contributed by atoms with Crippen molar-refractivity contribution in [3.8, 4) is 0 Å². The van der Waals surface area contributed by atoms with Gasteiger partial charge < -0.3 is 4.74 Å². The van der Waals surface area contributed by atoms with Crippen molar-refractivity contribution >= 4 is 27.5 Å². The van der Waals surface area contributed by atoms with Gasteiger partial charge in [-0.15, -0.1) is 0 Å². The molecule has 0 aliphatic heterocycles. The van der Waals surface area contributed by atoms with Gasteiger partial charge in [0.1, 0.15) is 5.78 Å². The number of unbranched alkanes of at least 4 members (excludes halogenated alkanes) is 1. The van der Waals surface area contributed by atoms with Crippen molar-refractivity contribution < 1.29 is 22.7 Å². The van der Waals surface area contributed by atoms with Gasteiger partial charge in [0.25, 0.3) is 0 Å². The fourth-order valence-electron chi connectivity index (χ4n) is 4.72. The average molecular weight is 408 g/mol. The third-order valence-electron chi connectivity index (χ3n) is 6.70. The van der Waals surface area contributed by atoms with Crippen LogP contribution in [0.3, 0.4) is 0 Å². The van der Waals surface area contributed by atoms with Crippen molar-refractivity contribution in [1.29, 1.82) is 0 Å². The van der Waals surface area contributed by atoms with Crippen LogP contribution >= 0.6 is 0 Å². The second-order valence-electron chi connectivity index (χ2n) is 8.59. The predicted molar refractivity (Wildman–Crippen MR) is 108 cm³/mol. The lowest BCUT2D eigenvalue weighted by molar-refractivity contribution is -0.128. The van der Waals surface area contributed by atoms with Crippen molar-refractivity contribution in [3.05, 3.63) is 29.8 Å². The molecule has 0 radical (unpaired) electrons. The lowest BCUT2D eigenvalue weighted by atomic mass is 9.70. The molecule has 154 valence electrons. The van der Waals surface area contributed by atoms with Crippen molar-refractivity contribution in [2.45, 2.75) is 52.9 Å². The summed E-state index contributed by atoms with van der Waals surface area (Å²) in [4.78, 5) is 24.5. The van der Waals surface area contributed by atoms with Crippen molar-refractivity contribution in [1.82, 2.24) is 0 Å². The smallest absolute Gasteiger partial charge is 0.338 e. The minimum Gasteiger partial charge on any atom is -0.462 e. The Labute approximate surface area is 167 Å². The molecule has 2 aliphatic carbocycles. The molecule has 1 N–H and O–H groups in total. The third-order valence-corrected chi connectivity index (χ3v) is 8.12. The van der Waals surface area contributed by atoms with E-state index in [0.29, 0.717) is 30.7 Å². The van der Waals surface area contributed by atoms with Crippen LogP contribution in [0.2, 0.25) is 0 Å².